The molecule has 5 nitrogen and oxygen atoms in total. The first-order valence-corrected chi connectivity index (χ1v) is 9.24. The standard InChI is InChI=1S/C21H27N3O2.ClH/c1-4-17-19(14(3)25)13(2)23-20(17)21(26)24-11-16(10-22)18(12-24)15-8-6-5-7-9-15;/h5-9,16,18,23H,4,10-12,22H2,1-3H3;1H/t16-,18+;/m1./s1. The molecule has 0 radical (unpaired) electrons. The number of H-pyrrole nitrogens is 1. The maximum absolute atomic E-state index is 13.2. The van der Waals surface area contributed by atoms with E-state index in [1.54, 1.807) is 6.92 Å². The van der Waals surface area contributed by atoms with Gasteiger partial charge in [-0.25, -0.2) is 0 Å². The van der Waals surface area contributed by atoms with Crippen molar-refractivity contribution in [3.05, 3.63) is 58.4 Å². The molecule has 1 saturated heterocycles. The minimum absolute atomic E-state index is 0. The molecule has 1 aliphatic heterocycles. The molecule has 2 aromatic rings. The molecule has 146 valence electrons. The average Bonchev–Trinajstić information content (AvgIpc) is 3.22. The zero-order valence-electron chi connectivity index (χ0n) is 16.1. The molecule has 0 saturated carbocycles. The molecule has 1 aliphatic rings. The zero-order chi connectivity index (χ0) is 18.8. The number of carbonyl (C=O) groups is 2. The van der Waals surface area contributed by atoms with Crippen molar-refractivity contribution >= 4 is 24.1 Å². The van der Waals surface area contributed by atoms with E-state index in [4.69, 9.17) is 5.73 Å². The number of likely N-dealkylation sites (tertiary alicyclic amines) is 1. The van der Waals surface area contributed by atoms with Gasteiger partial charge in [0.2, 0.25) is 0 Å². The lowest BCUT2D eigenvalue weighted by molar-refractivity contribution is 0.0780. The Bertz CT molecular complexity index is 816. The molecule has 3 N–H and O–H groups in total. The van der Waals surface area contributed by atoms with Crippen LogP contribution in [0, 0.1) is 12.8 Å². The lowest BCUT2D eigenvalue weighted by atomic mass is 9.89. The highest BCUT2D eigenvalue weighted by atomic mass is 35.5. The van der Waals surface area contributed by atoms with Gasteiger partial charge in [-0.3, -0.25) is 9.59 Å². The Labute approximate surface area is 166 Å². The van der Waals surface area contributed by atoms with E-state index in [9.17, 15) is 9.59 Å². The van der Waals surface area contributed by atoms with Crippen molar-refractivity contribution in [1.82, 2.24) is 9.88 Å². The van der Waals surface area contributed by atoms with Gasteiger partial charge < -0.3 is 15.6 Å². The minimum Gasteiger partial charge on any atom is -0.354 e. The van der Waals surface area contributed by atoms with Crippen molar-refractivity contribution < 1.29 is 9.59 Å². The van der Waals surface area contributed by atoms with E-state index in [-0.39, 0.29) is 35.9 Å². The van der Waals surface area contributed by atoms with E-state index in [0.717, 1.165) is 11.3 Å². The first-order chi connectivity index (χ1) is 12.5. The van der Waals surface area contributed by atoms with Crippen LogP contribution < -0.4 is 5.73 Å². The van der Waals surface area contributed by atoms with Crippen LogP contribution in [0.15, 0.2) is 30.3 Å². The van der Waals surface area contributed by atoms with Crippen molar-refractivity contribution in [2.24, 2.45) is 11.7 Å². The van der Waals surface area contributed by atoms with Gasteiger partial charge >= 0.3 is 0 Å². The Balaban J connectivity index is 0.00000261. The molecule has 1 fully saturated rings. The molecule has 1 aromatic carbocycles. The number of hydrogen-bond donors (Lipinski definition) is 2. The summed E-state index contributed by atoms with van der Waals surface area (Å²) >= 11 is 0. The van der Waals surface area contributed by atoms with E-state index < -0.39 is 0 Å². The van der Waals surface area contributed by atoms with Crippen LogP contribution in [0.25, 0.3) is 0 Å². The van der Waals surface area contributed by atoms with Crippen LogP contribution in [0.4, 0.5) is 0 Å². The Morgan fingerprint density at radius 3 is 2.44 bits per heavy atom. The maximum Gasteiger partial charge on any atom is 0.270 e. The van der Waals surface area contributed by atoms with E-state index >= 15 is 0 Å². The van der Waals surface area contributed by atoms with Gasteiger partial charge in [0.25, 0.3) is 5.91 Å². The highest BCUT2D eigenvalue weighted by molar-refractivity contribution is 6.02. The first kappa shape index (κ1) is 21.2. The average molecular weight is 390 g/mol. The zero-order valence-corrected chi connectivity index (χ0v) is 16.9. The number of hydrogen-bond acceptors (Lipinski definition) is 3. The molecule has 0 bridgehead atoms. The van der Waals surface area contributed by atoms with Gasteiger partial charge in [0.05, 0.1) is 0 Å². The van der Waals surface area contributed by atoms with Crippen LogP contribution in [-0.2, 0) is 6.42 Å². The SMILES string of the molecule is CCc1c(C(=O)N2C[C@@H](CN)[C@H](c3ccccc3)C2)[nH]c(C)c1C(C)=O.Cl. The van der Waals surface area contributed by atoms with Crippen LogP contribution in [0.1, 0.15) is 57.4 Å². The van der Waals surface area contributed by atoms with E-state index in [0.29, 0.717) is 37.3 Å². The molecule has 0 unspecified atom stereocenters. The molecule has 2 heterocycles. The molecule has 6 heteroatoms. The monoisotopic (exact) mass is 389 g/mol. The molecular formula is C21H28ClN3O2. The molecule has 1 amide bonds. The summed E-state index contributed by atoms with van der Waals surface area (Å²) in [5, 5.41) is 0. The summed E-state index contributed by atoms with van der Waals surface area (Å²) < 4.78 is 0. The fourth-order valence-corrected chi connectivity index (χ4v) is 4.20. The number of aromatic nitrogens is 1. The highest BCUT2D eigenvalue weighted by Gasteiger charge is 2.37. The second-order valence-electron chi connectivity index (χ2n) is 7.11. The van der Waals surface area contributed by atoms with Crippen molar-refractivity contribution in [1.29, 1.82) is 0 Å². The van der Waals surface area contributed by atoms with Gasteiger partial charge in [-0.15, -0.1) is 12.4 Å². The maximum atomic E-state index is 13.2. The Morgan fingerprint density at radius 2 is 1.89 bits per heavy atom. The number of carbonyl (C=O) groups excluding carboxylic acids is 2. The third kappa shape index (κ3) is 3.94. The van der Waals surface area contributed by atoms with Crippen molar-refractivity contribution in [3.63, 3.8) is 0 Å². The summed E-state index contributed by atoms with van der Waals surface area (Å²) in [5.41, 5.74) is 10.0. The molecule has 3 rings (SSSR count). The quantitative estimate of drug-likeness (QED) is 0.770. The smallest absolute Gasteiger partial charge is 0.270 e. The summed E-state index contributed by atoms with van der Waals surface area (Å²) in [4.78, 5) is 30.2. The van der Waals surface area contributed by atoms with Crippen LogP contribution in [0.5, 0.6) is 0 Å². The number of nitrogens with one attached hydrogen (secondary N) is 1. The predicted octanol–water partition coefficient (Wildman–Crippen LogP) is 3.32. The predicted molar refractivity (Wildman–Crippen MR) is 110 cm³/mol. The van der Waals surface area contributed by atoms with Crippen molar-refractivity contribution in [2.45, 2.75) is 33.1 Å². The number of benzene rings is 1. The summed E-state index contributed by atoms with van der Waals surface area (Å²) in [6.45, 7) is 7.23. The molecule has 27 heavy (non-hydrogen) atoms. The van der Waals surface area contributed by atoms with Crippen LogP contribution in [0.2, 0.25) is 0 Å². The van der Waals surface area contributed by atoms with Gasteiger partial charge in [0, 0.05) is 30.3 Å². The van der Waals surface area contributed by atoms with Gasteiger partial charge in [0.15, 0.2) is 5.78 Å². The largest absolute Gasteiger partial charge is 0.354 e. The number of nitrogens with zero attached hydrogens (tertiary/aromatic N) is 1. The van der Waals surface area contributed by atoms with E-state index in [2.05, 4.69) is 17.1 Å². The second kappa shape index (κ2) is 8.72. The summed E-state index contributed by atoms with van der Waals surface area (Å²) in [6, 6.07) is 10.3. The number of nitrogens with two attached hydrogens (primary N) is 1. The summed E-state index contributed by atoms with van der Waals surface area (Å²) in [5.74, 6) is 0.459. The van der Waals surface area contributed by atoms with Crippen molar-refractivity contribution in [2.75, 3.05) is 19.6 Å². The first-order valence-electron chi connectivity index (χ1n) is 9.24. The van der Waals surface area contributed by atoms with Gasteiger partial charge in [0.1, 0.15) is 5.69 Å². The normalized spacial score (nSPS) is 19.0. The van der Waals surface area contributed by atoms with Gasteiger partial charge in [-0.05, 0) is 43.9 Å². The highest BCUT2D eigenvalue weighted by Crippen LogP contribution is 2.33. The van der Waals surface area contributed by atoms with Crippen molar-refractivity contribution in [3.8, 4) is 0 Å². The number of rotatable bonds is 5. The number of aromatic amines is 1. The fourth-order valence-electron chi connectivity index (χ4n) is 4.20. The number of Topliss-reactive ketones (excluding diaryl/α,β-unsaturated/α-hetero) is 1. The fraction of sp³-hybridized carbons (Fsp3) is 0.429. The number of aryl methyl sites for hydroxylation is 1. The van der Waals surface area contributed by atoms with Crippen LogP contribution >= 0.6 is 12.4 Å². The Kier molecular flexibility index (Phi) is 6.84. The summed E-state index contributed by atoms with van der Waals surface area (Å²) in [6.07, 6.45) is 0.649. The van der Waals surface area contributed by atoms with Gasteiger partial charge in [-0.2, -0.15) is 0 Å². The lowest BCUT2D eigenvalue weighted by Crippen LogP contribution is -2.30. The van der Waals surface area contributed by atoms with Crippen LogP contribution in [0.3, 0.4) is 0 Å². The second-order valence-corrected chi connectivity index (χ2v) is 7.11. The third-order valence-corrected chi connectivity index (χ3v) is 5.47. The topological polar surface area (TPSA) is 79.2 Å². The number of ketones is 1. The molecular weight excluding hydrogens is 362 g/mol. The van der Waals surface area contributed by atoms with Crippen LogP contribution in [-0.4, -0.2) is 41.2 Å². The number of amides is 1. The molecule has 0 aliphatic carbocycles. The van der Waals surface area contributed by atoms with E-state index in [1.807, 2.05) is 36.9 Å². The van der Waals surface area contributed by atoms with Gasteiger partial charge in [-0.1, -0.05) is 37.3 Å². The minimum atomic E-state index is -0.0330. The third-order valence-electron chi connectivity index (χ3n) is 5.47. The Hall–Kier alpha value is -2.11. The Morgan fingerprint density at radius 1 is 1.22 bits per heavy atom. The molecule has 2 atom stereocenters. The number of halogens is 1. The molecule has 1 aromatic heterocycles. The molecule has 0 spiro atoms. The lowest BCUT2D eigenvalue weighted by Gasteiger charge is -2.17. The summed E-state index contributed by atoms with van der Waals surface area (Å²) in [7, 11) is 0. The van der Waals surface area contributed by atoms with E-state index in [1.165, 1.54) is 5.56 Å².